The highest BCUT2D eigenvalue weighted by molar-refractivity contribution is 6.17. The molecule has 0 radical (unpaired) electrons. The van der Waals surface area contributed by atoms with Crippen LogP contribution in [0, 0.1) is 0 Å². The first-order chi connectivity index (χ1) is 16.2. The predicted octanol–water partition coefficient (Wildman–Crippen LogP) is 8.83. The van der Waals surface area contributed by atoms with E-state index in [0.29, 0.717) is 5.75 Å². The van der Waals surface area contributed by atoms with Crippen LogP contribution < -0.4 is 0 Å². The number of hydrogen-bond acceptors (Lipinski definition) is 1. The number of benzene rings is 7. The molecule has 0 fully saturated rings. The van der Waals surface area contributed by atoms with Crippen molar-refractivity contribution in [3.05, 3.63) is 115 Å². The summed E-state index contributed by atoms with van der Waals surface area (Å²) in [5, 5.41) is 22.8. The molecule has 0 aliphatic rings. The van der Waals surface area contributed by atoms with E-state index in [1.54, 1.807) is 6.07 Å². The Kier molecular flexibility index (Phi) is 3.77. The van der Waals surface area contributed by atoms with E-state index in [9.17, 15) is 5.11 Å². The zero-order valence-corrected chi connectivity index (χ0v) is 17.9. The number of aromatic hydroxyl groups is 1. The first kappa shape index (κ1) is 18.2. The molecular formula is C32H20O. The molecule has 33 heavy (non-hydrogen) atoms. The summed E-state index contributed by atoms with van der Waals surface area (Å²) >= 11 is 0. The Morgan fingerprint density at radius 3 is 1.61 bits per heavy atom. The monoisotopic (exact) mass is 420 g/mol. The Labute approximate surface area is 191 Å². The lowest BCUT2D eigenvalue weighted by Crippen LogP contribution is -1.85. The summed E-state index contributed by atoms with van der Waals surface area (Å²) in [7, 11) is 0. The second-order valence-corrected chi connectivity index (χ2v) is 8.80. The lowest BCUT2D eigenvalue weighted by Gasteiger charge is -2.12. The van der Waals surface area contributed by atoms with Crippen LogP contribution in [0.2, 0.25) is 0 Å². The molecule has 0 heterocycles. The van der Waals surface area contributed by atoms with Crippen LogP contribution in [0.4, 0.5) is 0 Å². The van der Waals surface area contributed by atoms with Gasteiger partial charge in [0.1, 0.15) is 5.75 Å². The predicted molar refractivity (Wildman–Crippen MR) is 141 cm³/mol. The van der Waals surface area contributed by atoms with Gasteiger partial charge < -0.3 is 5.11 Å². The van der Waals surface area contributed by atoms with Crippen LogP contribution in [-0.4, -0.2) is 5.11 Å². The molecule has 154 valence electrons. The molecule has 0 aliphatic carbocycles. The van der Waals surface area contributed by atoms with Gasteiger partial charge in [0.25, 0.3) is 0 Å². The molecule has 0 spiro atoms. The average molecular weight is 421 g/mol. The summed E-state index contributed by atoms with van der Waals surface area (Å²) in [4.78, 5) is 0. The van der Waals surface area contributed by atoms with E-state index >= 15 is 0 Å². The molecular weight excluding hydrogens is 400 g/mol. The first-order valence-electron chi connectivity index (χ1n) is 11.2. The Bertz CT molecular complexity index is 1880. The molecule has 1 N–H and O–H groups in total. The van der Waals surface area contributed by atoms with Gasteiger partial charge in [0.05, 0.1) is 0 Å². The van der Waals surface area contributed by atoms with E-state index in [4.69, 9.17) is 0 Å². The van der Waals surface area contributed by atoms with Crippen molar-refractivity contribution in [1.82, 2.24) is 0 Å². The third-order valence-corrected chi connectivity index (χ3v) is 6.85. The summed E-state index contributed by atoms with van der Waals surface area (Å²) in [5.41, 5.74) is 1.91. The Balaban J connectivity index is 1.58. The van der Waals surface area contributed by atoms with Crippen LogP contribution in [0.15, 0.2) is 115 Å². The van der Waals surface area contributed by atoms with Gasteiger partial charge in [0, 0.05) is 5.56 Å². The van der Waals surface area contributed by atoms with E-state index in [1.165, 1.54) is 48.5 Å². The minimum atomic E-state index is 0.306. The van der Waals surface area contributed by atoms with Gasteiger partial charge in [-0.3, -0.25) is 0 Å². The molecule has 0 unspecified atom stereocenters. The zero-order chi connectivity index (χ0) is 21.9. The molecule has 7 aromatic carbocycles. The molecule has 0 saturated carbocycles. The summed E-state index contributed by atoms with van der Waals surface area (Å²) < 4.78 is 0. The van der Waals surface area contributed by atoms with Crippen molar-refractivity contribution in [3.63, 3.8) is 0 Å². The maximum atomic E-state index is 10.5. The van der Waals surface area contributed by atoms with E-state index in [-0.39, 0.29) is 0 Å². The number of para-hydroxylation sites is 1. The number of hydrogen-bond donors (Lipinski definition) is 1. The van der Waals surface area contributed by atoms with Crippen LogP contribution in [0.1, 0.15) is 0 Å². The fourth-order valence-corrected chi connectivity index (χ4v) is 5.21. The van der Waals surface area contributed by atoms with Gasteiger partial charge in [-0.15, -0.1) is 0 Å². The lowest BCUT2D eigenvalue weighted by atomic mass is 9.92. The van der Waals surface area contributed by atoms with Gasteiger partial charge in [0.15, 0.2) is 0 Å². The molecule has 0 saturated heterocycles. The van der Waals surface area contributed by atoms with Crippen LogP contribution in [-0.2, 0) is 0 Å². The van der Waals surface area contributed by atoms with E-state index in [2.05, 4.69) is 91.0 Å². The largest absolute Gasteiger partial charge is 0.507 e. The van der Waals surface area contributed by atoms with Gasteiger partial charge in [-0.2, -0.15) is 0 Å². The van der Waals surface area contributed by atoms with Crippen molar-refractivity contribution in [3.8, 4) is 16.9 Å². The van der Waals surface area contributed by atoms with Crippen LogP contribution in [0.5, 0.6) is 5.75 Å². The van der Waals surface area contributed by atoms with Crippen molar-refractivity contribution >= 4 is 53.9 Å². The molecule has 1 nitrogen and oxygen atoms in total. The summed E-state index contributed by atoms with van der Waals surface area (Å²) in [6.07, 6.45) is 0. The molecule has 0 aliphatic heterocycles. The van der Waals surface area contributed by atoms with Crippen LogP contribution in [0.3, 0.4) is 0 Å². The quantitative estimate of drug-likeness (QED) is 0.208. The topological polar surface area (TPSA) is 20.2 Å². The summed E-state index contributed by atoms with van der Waals surface area (Å²) in [6, 6.07) is 40.6. The number of phenols is 1. The second kappa shape index (κ2) is 6.82. The Morgan fingerprint density at radius 1 is 0.333 bits per heavy atom. The smallest absolute Gasteiger partial charge is 0.123 e. The standard InChI is InChI=1S/C32H20O/c33-32-11-4-3-9-28(32)27-10-5-8-22-16-23-12-13-24-17-25-14-20-6-1-2-7-21(20)15-26(25)18-29(24)31(23)19-30(22)27/h1-19,33H. The minimum absolute atomic E-state index is 0.306. The van der Waals surface area contributed by atoms with Gasteiger partial charge in [0.2, 0.25) is 0 Å². The normalized spacial score (nSPS) is 11.8. The summed E-state index contributed by atoms with van der Waals surface area (Å²) in [5.74, 6) is 0.306. The van der Waals surface area contributed by atoms with Crippen molar-refractivity contribution in [2.24, 2.45) is 0 Å². The van der Waals surface area contributed by atoms with Gasteiger partial charge >= 0.3 is 0 Å². The molecule has 0 bridgehead atoms. The summed E-state index contributed by atoms with van der Waals surface area (Å²) in [6.45, 7) is 0. The van der Waals surface area contributed by atoms with E-state index in [0.717, 1.165) is 16.5 Å². The molecule has 0 aromatic heterocycles. The van der Waals surface area contributed by atoms with Crippen molar-refractivity contribution in [1.29, 1.82) is 0 Å². The van der Waals surface area contributed by atoms with Crippen molar-refractivity contribution in [2.45, 2.75) is 0 Å². The Morgan fingerprint density at radius 2 is 0.848 bits per heavy atom. The highest BCUT2D eigenvalue weighted by Gasteiger charge is 2.11. The molecule has 0 amide bonds. The van der Waals surface area contributed by atoms with E-state index < -0.39 is 0 Å². The Hall–Kier alpha value is -4.36. The third-order valence-electron chi connectivity index (χ3n) is 6.85. The molecule has 0 atom stereocenters. The average Bonchev–Trinajstić information content (AvgIpc) is 2.85. The fraction of sp³-hybridized carbons (Fsp3) is 0. The SMILES string of the molecule is Oc1ccccc1-c1cccc2cc3ccc4cc5cc6ccccc6cc5cc4c3cc12. The van der Waals surface area contributed by atoms with Gasteiger partial charge in [-0.25, -0.2) is 0 Å². The first-order valence-corrected chi connectivity index (χ1v) is 11.2. The molecule has 1 heteroatoms. The third kappa shape index (κ3) is 2.79. The highest BCUT2D eigenvalue weighted by atomic mass is 16.3. The number of fused-ring (bicyclic) bond motifs is 6. The minimum Gasteiger partial charge on any atom is -0.507 e. The second-order valence-electron chi connectivity index (χ2n) is 8.80. The van der Waals surface area contributed by atoms with E-state index in [1.807, 2.05) is 18.2 Å². The number of rotatable bonds is 1. The van der Waals surface area contributed by atoms with Crippen LogP contribution >= 0.6 is 0 Å². The van der Waals surface area contributed by atoms with Gasteiger partial charge in [-0.05, 0) is 102 Å². The number of phenolic OH excluding ortho intramolecular Hbond substituents is 1. The zero-order valence-electron chi connectivity index (χ0n) is 17.9. The maximum Gasteiger partial charge on any atom is 0.123 e. The lowest BCUT2D eigenvalue weighted by molar-refractivity contribution is 0.477. The van der Waals surface area contributed by atoms with Crippen molar-refractivity contribution in [2.75, 3.05) is 0 Å². The van der Waals surface area contributed by atoms with Gasteiger partial charge in [-0.1, -0.05) is 72.8 Å². The van der Waals surface area contributed by atoms with Crippen LogP contribution in [0.25, 0.3) is 65.0 Å². The maximum absolute atomic E-state index is 10.5. The fourth-order valence-electron chi connectivity index (χ4n) is 5.21. The molecule has 7 rings (SSSR count). The van der Waals surface area contributed by atoms with Crippen molar-refractivity contribution < 1.29 is 5.11 Å². The molecule has 7 aromatic rings. The highest BCUT2D eigenvalue weighted by Crippen LogP contribution is 2.38.